The number of ether oxygens (including phenoxy) is 1. The van der Waals surface area contributed by atoms with E-state index in [9.17, 15) is 19.2 Å². The first-order valence-electron chi connectivity index (χ1n) is 11.2. The summed E-state index contributed by atoms with van der Waals surface area (Å²) in [4.78, 5) is 54.0. The highest BCUT2D eigenvalue weighted by Gasteiger charge is 2.59. The van der Waals surface area contributed by atoms with E-state index in [4.69, 9.17) is 14.0 Å². The molecule has 2 aliphatic rings. The number of aryl methyl sites for hydroxylation is 1. The van der Waals surface area contributed by atoms with Gasteiger partial charge in [-0.15, -0.1) is 0 Å². The Morgan fingerprint density at radius 1 is 1.24 bits per heavy atom. The van der Waals surface area contributed by atoms with Crippen LogP contribution in [0.2, 0.25) is 18.1 Å². The van der Waals surface area contributed by atoms with Crippen LogP contribution in [0.3, 0.4) is 0 Å². The molecule has 1 saturated heterocycles. The first-order chi connectivity index (χ1) is 15.3. The van der Waals surface area contributed by atoms with Crippen molar-refractivity contribution in [1.29, 1.82) is 0 Å². The van der Waals surface area contributed by atoms with Gasteiger partial charge < -0.3 is 14.0 Å². The highest BCUT2D eigenvalue weighted by atomic mass is 28.4. The van der Waals surface area contributed by atoms with E-state index in [2.05, 4.69) is 33.9 Å². The number of hydrogen-bond donors (Lipinski definition) is 0. The van der Waals surface area contributed by atoms with Crippen LogP contribution in [0.1, 0.15) is 50.0 Å². The van der Waals surface area contributed by atoms with Gasteiger partial charge in [-0.3, -0.25) is 14.4 Å². The number of ketones is 1. The lowest BCUT2D eigenvalue weighted by molar-refractivity contribution is -0.247. The zero-order chi connectivity index (χ0) is 24.7. The third-order valence-corrected chi connectivity index (χ3v) is 11.8. The molecule has 0 unspecified atom stereocenters. The van der Waals surface area contributed by atoms with Gasteiger partial charge in [0, 0.05) is 11.5 Å². The summed E-state index contributed by atoms with van der Waals surface area (Å²) in [6, 6.07) is 4.62. The molecule has 1 aromatic carbocycles. The average molecular weight is 476 g/mol. The van der Waals surface area contributed by atoms with E-state index < -0.39 is 44.2 Å². The van der Waals surface area contributed by atoms with Gasteiger partial charge in [-0.25, -0.2) is 4.79 Å². The molecule has 33 heavy (non-hydrogen) atoms. The summed E-state index contributed by atoms with van der Waals surface area (Å²) in [6.45, 7) is 12.4. The van der Waals surface area contributed by atoms with Crippen LogP contribution in [-0.2, 0) is 30.1 Å². The second-order valence-corrected chi connectivity index (χ2v) is 15.1. The minimum absolute atomic E-state index is 0.0114. The van der Waals surface area contributed by atoms with E-state index in [1.807, 2.05) is 13.0 Å². The molecule has 1 aliphatic carbocycles. The second kappa shape index (κ2) is 9.02. The molecule has 9 heteroatoms. The summed E-state index contributed by atoms with van der Waals surface area (Å²) in [5.41, 5.74) is 1.46. The number of carbonyl (C=O) groups is 4. The fourth-order valence-corrected chi connectivity index (χ4v) is 5.88. The Morgan fingerprint density at radius 3 is 2.48 bits per heavy atom. The number of aldehydes is 1. The molecule has 1 amide bonds. The molecule has 0 saturated carbocycles. The molecule has 1 aromatic rings. The third kappa shape index (κ3) is 4.61. The zero-order valence-electron chi connectivity index (χ0n) is 20.3. The van der Waals surface area contributed by atoms with E-state index >= 15 is 0 Å². The van der Waals surface area contributed by atoms with Crippen LogP contribution in [-0.4, -0.2) is 56.6 Å². The predicted molar refractivity (Wildman–Crippen MR) is 123 cm³/mol. The van der Waals surface area contributed by atoms with E-state index in [0.29, 0.717) is 24.2 Å². The Balaban J connectivity index is 1.91. The highest BCUT2D eigenvalue weighted by Crippen LogP contribution is 2.44. The molecule has 0 radical (unpaired) electrons. The van der Waals surface area contributed by atoms with Crippen LogP contribution < -0.4 is 4.74 Å². The average Bonchev–Trinajstić information content (AvgIpc) is 2.74. The lowest BCUT2D eigenvalue weighted by atomic mass is 9.70. The Hall–Kier alpha value is -2.52. The van der Waals surface area contributed by atoms with Gasteiger partial charge in [0.1, 0.15) is 5.75 Å². The summed E-state index contributed by atoms with van der Waals surface area (Å²) >= 11 is 0. The van der Waals surface area contributed by atoms with Crippen molar-refractivity contribution in [1.82, 2.24) is 5.06 Å². The SMILES string of the molecule is COc1ccc2c(c1)CC[C@H]([C@@H]1[C@@H]([C@@H](C)O[Si](C)(C)C(C)(C)C)C(=O)N1OC(=O)C=O)C2=O. The lowest BCUT2D eigenvalue weighted by Crippen LogP contribution is -2.69. The van der Waals surface area contributed by atoms with Gasteiger partial charge in [-0.1, -0.05) is 20.8 Å². The molecule has 4 atom stereocenters. The molecule has 1 aliphatic heterocycles. The standard InChI is InChI=1S/C24H33NO7Si/c1-14(32-33(6,7)24(2,3)4)20-21(25(23(20)29)31-19(27)13-26)18-10-8-15-12-16(30-5)9-11-17(15)22(18)28/h9,11-14,18,20-21H,8,10H2,1-7H3/t14-,18-,20-,21-/m1/s1. The molecule has 0 bridgehead atoms. The smallest absolute Gasteiger partial charge is 0.395 e. The third-order valence-electron chi connectivity index (χ3n) is 7.27. The number of amides is 1. The van der Waals surface area contributed by atoms with Crippen LogP contribution in [0.5, 0.6) is 5.75 Å². The van der Waals surface area contributed by atoms with E-state index in [1.54, 1.807) is 19.2 Å². The van der Waals surface area contributed by atoms with Crippen LogP contribution >= 0.6 is 0 Å². The van der Waals surface area contributed by atoms with Crippen molar-refractivity contribution in [2.75, 3.05) is 7.11 Å². The van der Waals surface area contributed by atoms with Crippen LogP contribution in [0.25, 0.3) is 0 Å². The maximum absolute atomic E-state index is 13.4. The molecule has 0 N–H and O–H groups in total. The highest BCUT2D eigenvalue weighted by molar-refractivity contribution is 6.74. The molecule has 180 valence electrons. The molecule has 0 spiro atoms. The molecular formula is C24H33NO7Si. The number of carbonyl (C=O) groups excluding carboxylic acids is 4. The first-order valence-corrected chi connectivity index (χ1v) is 14.1. The van der Waals surface area contributed by atoms with Crippen LogP contribution in [0.15, 0.2) is 18.2 Å². The van der Waals surface area contributed by atoms with Gasteiger partial charge >= 0.3 is 5.97 Å². The van der Waals surface area contributed by atoms with Crippen molar-refractivity contribution in [2.45, 2.75) is 70.8 Å². The number of hydroxylamine groups is 2. The van der Waals surface area contributed by atoms with Crippen LogP contribution in [0, 0.1) is 11.8 Å². The normalized spacial score (nSPS) is 24.0. The number of β-lactam (4-membered cyclic amide) rings is 1. The van der Waals surface area contributed by atoms with Crippen molar-refractivity contribution in [3.05, 3.63) is 29.3 Å². The van der Waals surface area contributed by atoms with E-state index in [1.165, 1.54) is 0 Å². The van der Waals surface area contributed by atoms with Crippen molar-refractivity contribution in [2.24, 2.45) is 11.8 Å². The van der Waals surface area contributed by atoms with Gasteiger partial charge in [-0.05, 0) is 61.7 Å². The fourth-order valence-electron chi connectivity index (χ4n) is 4.45. The predicted octanol–water partition coefficient (Wildman–Crippen LogP) is 3.33. The van der Waals surface area contributed by atoms with Gasteiger partial charge in [0.2, 0.25) is 6.29 Å². The second-order valence-electron chi connectivity index (χ2n) is 10.3. The number of methoxy groups -OCH3 is 1. The topological polar surface area (TPSA) is 99.2 Å². The summed E-state index contributed by atoms with van der Waals surface area (Å²) in [7, 11) is -0.629. The van der Waals surface area contributed by atoms with Crippen molar-refractivity contribution in [3.8, 4) is 5.75 Å². The Morgan fingerprint density at radius 2 is 1.91 bits per heavy atom. The monoisotopic (exact) mass is 475 g/mol. The van der Waals surface area contributed by atoms with E-state index in [0.717, 1.165) is 10.6 Å². The molecular weight excluding hydrogens is 442 g/mol. The number of hydrogen-bond acceptors (Lipinski definition) is 7. The van der Waals surface area contributed by atoms with Crippen molar-refractivity contribution >= 4 is 32.3 Å². The summed E-state index contributed by atoms with van der Waals surface area (Å²) in [5.74, 6) is -2.28. The number of nitrogens with zero attached hydrogens (tertiary/aromatic N) is 1. The number of fused-ring (bicyclic) bond motifs is 1. The number of benzene rings is 1. The Bertz CT molecular complexity index is 968. The quantitative estimate of drug-likeness (QED) is 0.258. The van der Waals surface area contributed by atoms with Gasteiger partial charge in [-0.2, -0.15) is 5.06 Å². The van der Waals surface area contributed by atoms with Gasteiger partial charge in [0.25, 0.3) is 5.91 Å². The van der Waals surface area contributed by atoms with Gasteiger partial charge in [0.15, 0.2) is 14.1 Å². The summed E-state index contributed by atoms with van der Waals surface area (Å²) in [5, 5.41) is 0.843. The molecule has 3 rings (SSSR count). The maximum Gasteiger partial charge on any atom is 0.395 e. The minimum atomic E-state index is -2.20. The Kier molecular flexibility index (Phi) is 6.86. The van der Waals surface area contributed by atoms with Crippen molar-refractivity contribution in [3.63, 3.8) is 0 Å². The van der Waals surface area contributed by atoms with Gasteiger partial charge in [0.05, 0.1) is 25.2 Å². The molecule has 1 heterocycles. The molecule has 8 nitrogen and oxygen atoms in total. The maximum atomic E-state index is 13.4. The molecule has 0 aromatic heterocycles. The zero-order valence-corrected chi connectivity index (χ0v) is 21.3. The number of rotatable bonds is 7. The minimum Gasteiger partial charge on any atom is -0.497 e. The van der Waals surface area contributed by atoms with Crippen LogP contribution in [0.4, 0.5) is 0 Å². The largest absolute Gasteiger partial charge is 0.497 e. The summed E-state index contributed by atoms with van der Waals surface area (Å²) < 4.78 is 11.7. The fraction of sp³-hybridized carbons (Fsp3) is 0.583. The van der Waals surface area contributed by atoms with E-state index in [-0.39, 0.29) is 17.1 Å². The van der Waals surface area contributed by atoms with Crippen molar-refractivity contribution < 1.29 is 33.2 Å². The first kappa shape index (κ1) is 25.1. The summed E-state index contributed by atoms with van der Waals surface area (Å²) in [6.07, 6.45) is 0.639. The Labute approximate surface area is 195 Å². The lowest BCUT2D eigenvalue weighted by Gasteiger charge is -2.51. The molecule has 1 fully saturated rings. The number of Topliss-reactive ketones (excluding diaryl/α,β-unsaturated/α-hetero) is 1.